The van der Waals surface area contributed by atoms with E-state index >= 15 is 0 Å². The first kappa shape index (κ1) is 25.9. The summed E-state index contributed by atoms with van der Waals surface area (Å²) in [6.45, 7) is -0.0441. The van der Waals surface area contributed by atoms with Gasteiger partial charge in [0.25, 0.3) is 5.91 Å². The van der Waals surface area contributed by atoms with Crippen molar-refractivity contribution in [1.82, 2.24) is 30.0 Å². The van der Waals surface area contributed by atoms with E-state index in [1.165, 1.54) is 15.4 Å². The SMILES string of the molecule is CN[C@H]1CCCC(Nc2cccc3c(SC(F)(F)F)c(C#CCNC(=O)c4cnn(C)c4)nn23)CC1. The number of aryl methyl sites for hydroxylation is 1. The van der Waals surface area contributed by atoms with Crippen molar-refractivity contribution < 1.29 is 18.0 Å². The number of amides is 1. The standard InChI is InChI=1S/C24H28F3N7OS/c1-28-17-6-3-7-18(12-11-17)31-21-10-4-9-20-22(36-24(25,26)27)19(32-34(20)21)8-5-13-29-23(35)16-14-30-33(2)15-16/h4,9-10,14-15,17-18,28,31H,3,6-7,11-13H2,1-2H3,(H,29,35)/t17-,18?/m0/s1. The molecule has 3 N–H and O–H groups in total. The number of hydrogen-bond donors (Lipinski definition) is 3. The quantitative estimate of drug-likeness (QED) is 0.261. The minimum Gasteiger partial charge on any atom is -0.367 e. The van der Waals surface area contributed by atoms with Gasteiger partial charge in [-0.25, -0.2) is 4.52 Å². The van der Waals surface area contributed by atoms with Crippen molar-refractivity contribution in [3.05, 3.63) is 41.9 Å². The molecule has 3 aromatic rings. The lowest BCUT2D eigenvalue weighted by atomic mass is 10.1. The molecule has 0 bridgehead atoms. The zero-order chi connectivity index (χ0) is 25.7. The molecular formula is C24H28F3N7OS. The smallest absolute Gasteiger partial charge is 0.367 e. The van der Waals surface area contributed by atoms with Crippen molar-refractivity contribution in [2.45, 2.75) is 54.6 Å². The van der Waals surface area contributed by atoms with Gasteiger partial charge in [-0.05, 0) is 69.0 Å². The number of anilines is 1. The molecule has 8 nitrogen and oxygen atoms in total. The molecule has 0 aromatic carbocycles. The van der Waals surface area contributed by atoms with Crippen LogP contribution in [0.15, 0.2) is 35.5 Å². The number of pyridine rings is 1. The molecule has 3 heterocycles. The van der Waals surface area contributed by atoms with Crippen molar-refractivity contribution in [1.29, 1.82) is 0 Å². The van der Waals surface area contributed by atoms with Gasteiger partial charge >= 0.3 is 5.51 Å². The summed E-state index contributed by atoms with van der Waals surface area (Å²) in [5.74, 6) is 5.70. The molecule has 0 radical (unpaired) electrons. The molecule has 1 amide bonds. The first-order valence-corrected chi connectivity index (χ1v) is 12.5. The molecule has 0 saturated heterocycles. The summed E-state index contributed by atoms with van der Waals surface area (Å²) in [7, 11) is 3.66. The van der Waals surface area contributed by atoms with Gasteiger partial charge in [0.2, 0.25) is 0 Å². The van der Waals surface area contributed by atoms with Crippen LogP contribution in [0.2, 0.25) is 0 Å². The van der Waals surface area contributed by atoms with Crippen LogP contribution in [0, 0.1) is 11.8 Å². The minimum absolute atomic E-state index is 0.0123. The van der Waals surface area contributed by atoms with Crippen molar-refractivity contribution in [3.8, 4) is 11.8 Å². The first-order valence-electron chi connectivity index (χ1n) is 11.7. The molecule has 1 aliphatic carbocycles. The van der Waals surface area contributed by atoms with Gasteiger partial charge in [0.15, 0.2) is 0 Å². The number of aromatic nitrogens is 4. The van der Waals surface area contributed by atoms with Crippen molar-refractivity contribution >= 4 is 29.0 Å². The average Bonchev–Trinajstić information content (AvgIpc) is 3.33. The Labute approximate surface area is 211 Å². The maximum Gasteiger partial charge on any atom is 0.446 e. The number of thioether (sulfide) groups is 1. The summed E-state index contributed by atoms with van der Waals surface area (Å²) in [4.78, 5) is 12.1. The summed E-state index contributed by atoms with van der Waals surface area (Å²) >= 11 is -0.231. The Morgan fingerprint density at radius 3 is 2.72 bits per heavy atom. The number of halogens is 3. The number of rotatable bonds is 6. The molecule has 1 fully saturated rings. The summed E-state index contributed by atoms with van der Waals surface area (Å²) in [6, 6.07) is 5.82. The van der Waals surface area contributed by atoms with Crippen LogP contribution in [0.3, 0.4) is 0 Å². The normalized spacial score (nSPS) is 18.4. The third-order valence-electron chi connectivity index (χ3n) is 6.07. The Kier molecular flexibility index (Phi) is 8.11. The summed E-state index contributed by atoms with van der Waals surface area (Å²) in [5, 5.41) is 17.8. The van der Waals surface area contributed by atoms with E-state index in [9.17, 15) is 18.0 Å². The van der Waals surface area contributed by atoms with Crippen LogP contribution in [0.25, 0.3) is 5.52 Å². The lowest BCUT2D eigenvalue weighted by molar-refractivity contribution is -0.0327. The van der Waals surface area contributed by atoms with Gasteiger partial charge in [-0.2, -0.15) is 23.4 Å². The van der Waals surface area contributed by atoms with Gasteiger partial charge in [0.1, 0.15) is 11.5 Å². The van der Waals surface area contributed by atoms with E-state index in [1.807, 2.05) is 13.1 Å². The molecule has 1 aliphatic rings. The predicted octanol–water partition coefficient (Wildman–Crippen LogP) is 3.79. The fraction of sp³-hybridized carbons (Fsp3) is 0.458. The van der Waals surface area contributed by atoms with Gasteiger partial charge in [-0.15, -0.1) is 0 Å². The number of carbonyl (C=O) groups is 1. The average molecular weight is 520 g/mol. The Bertz CT molecular complexity index is 1270. The van der Waals surface area contributed by atoms with Crippen LogP contribution >= 0.6 is 11.8 Å². The fourth-order valence-electron chi connectivity index (χ4n) is 4.29. The molecule has 3 aromatic heterocycles. The van der Waals surface area contributed by atoms with Crippen LogP contribution < -0.4 is 16.0 Å². The largest absolute Gasteiger partial charge is 0.446 e. The van der Waals surface area contributed by atoms with Crippen LogP contribution in [-0.2, 0) is 7.05 Å². The number of nitrogens with zero attached hydrogens (tertiary/aromatic N) is 4. The second-order valence-electron chi connectivity index (χ2n) is 8.66. The van der Waals surface area contributed by atoms with Crippen LogP contribution in [0.5, 0.6) is 0 Å². The van der Waals surface area contributed by atoms with Crippen molar-refractivity contribution in [2.75, 3.05) is 18.9 Å². The number of fused-ring (bicyclic) bond motifs is 1. The van der Waals surface area contributed by atoms with Crippen LogP contribution in [0.4, 0.5) is 19.0 Å². The summed E-state index contributed by atoms with van der Waals surface area (Å²) in [5.41, 5.74) is -3.79. The molecule has 12 heteroatoms. The molecule has 0 aliphatic heterocycles. The van der Waals surface area contributed by atoms with E-state index in [0.29, 0.717) is 22.9 Å². The second kappa shape index (κ2) is 11.3. The zero-order valence-electron chi connectivity index (χ0n) is 20.0. The molecule has 2 atom stereocenters. The zero-order valence-corrected chi connectivity index (χ0v) is 20.8. The second-order valence-corrected chi connectivity index (χ2v) is 9.73. The Hall–Kier alpha value is -3.17. The molecule has 4 rings (SSSR count). The highest BCUT2D eigenvalue weighted by molar-refractivity contribution is 8.00. The lowest BCUT2D eigenvalue weighted by Crippen LogP contribution is -2.25. The molecule has 0 spiro atoms. The highest BCUT2D eigenvalue weighted by atomic mass is 32.2. The number of hydrogen-bond acceptors (Lipinski definition) is 6. The minimum atomic E-state index is -4.50. The molecule has 1 unspecified atom stereocenters. The van der Waals surface area contributed by atoms with E-state index in [1.54, 1.807) is 25.4 Å². The van der Waals surface area contributed by atoms with Crippen LogP contribution in [0.1, 0.15) is 48.2 Å². The summed E-state index contributed by atoms with van der Waals surface area (Å²) < 4.78 is 43.2. The van der Waals surface area contributed by atoms with Gasteiger partial charge in [-0.3, -0.25) is 9.48 Å². The Morgan fingerprint density at radius 1 is 1.22 bits per heavy atom. The third-order valence-corrected chi connectivity index (χ3v) is 6.91. The van der Waals surface area contributed by atoms with Crippen LogP contribution in [-0.4, -0.2) is 56.5 Å². The van der Waals surface area contributed by atoms with Gasteiger partial charge < -0.3 is 16.0 Å². The van der Waals surface area contributed by atoms with Crippen molar-refractivity contribution in [2.24, 2.45) is 7.05 Å². The lowest BCUT2D eigenvalue weighted by Gasteiger charge is -2.18. The van der Waals surface area contributed by atoms with Gasteiger partial charge in [-0.1, -0.05) is 12.0 Å². The predicted molar refractivity (Wildman–Crippen MR) is 133 cm³/mol. The maximum atomic E-state index is 13.4. The topological polar surface area (TPSA) is 88.3 Å². The number of carbonyl (C=O) groups excluding carboxylic acids is 1. The van der Waals surface area contributed by atoms with Gasteiger partial charge in [0.05, 0.1) is 28.7 Å². The molecular weight excluding hydrogens is 491 g/mol. The molecule has 192 valence electrons. The summed E-state index contributed by atoms with van der Waals surface area (Å²) in [6.07, 6.45) is 8.11. The number of nitrogens with one attached hydrogen (secondary N) is 3. The Morgan fingerprint density at radius 2 is 2.00 bits per heavy atom. The Balaban J connectivity index is 1.56. The van der Waals surface area contributed by atoms with E-state index in [0.717, 1.165) is 32.1 Å². The maximum absolute atomic E-state index is 13.4. The van der Waals surface area contributed by atoms with E-state index < -0.39 is 5.51 Å². The highest BCUT2D eigenvalue weighted by Crippen LogP contribution is 2.41. The van der Waals surface area contributed by atoms with Gasteiger partial charge in [0, 0.05) is 25.3 Å². The molecule has 36 heavy (non-hydrogen) atoms. The highest BCUT2D eigenvalue weighted by Gasteiger charge is 2.33. The van der Waals surface area contributed by atoms with E-state index in [-0.39, 0.29) is 40.8 Å². The van der Waals surface area contributed by atoms with Crippen molar-refractivity contribution in [3.63, 3.8) is 0 Å². The monoisotopic (exact) mass is 519 g/mol. The fourth-order valence-corrected chi connectivity index (χ4v) is 4.97. The van der Waals surface area contributed by atoms with E-state index in [4.69, 9.17) is 0 Å². The first-order chi connectivity index (χ1) is 17.2. The number of alkyl halides is 3. The van der Waals surface area contributed by atoms with E-state index in [2.05, 4.69) is 38.0 Å². The third kappa shape index (κ3) is 6.53. The molecule has 1 saturated carbocycles.